The van der Waals surface area contributed by atoms with Gasteiger partial charge >= 0.3 is 5.97 Å². The van der Waals surface area contributed by atoms with Crippen molar-refractivity contribution in [2.24, 2.45) is 0 Å². The number of hydrogen-bond acceptors (Lipinski definition) is 6. The molecule has 1 fully saturated rings. The Kier molecular flexibility index (Phi) is 4.31. The Morgan fingerprint density at radius 3 is 2.63 bits per heavy atom. The van der Waals surface area contributed by atoms with Gasteiger partial charge in [-0.3, -0.25) is 4.98 Å². The number of carbonyl (C=O) groups excluding carboxylic acids is 1. The van der Waals surface area contributed by atoms with Crippen molar-refractivity contribution in [3.8, 4) is 0 Å². The molecule has 1 aliphatic rings. The first-order valence-electron chi connectivity index (χ1n) is 6.43. The molecule has 1 aromatic heterocycles. The highest BCUT2D eigenvalue weighted by Gasteiger charge is 2.22. The Morgan fingerprint density at radius 2 is 2.05 bits per heavy atom. The van der Waals surface area contributed by atoms with Crippen molar-refractivity contribution in [1.82, 2.24) is 14.9 Å². The normalized spacial score (nSPS) is 16.7. The molecule has 2 rings (SSSR count). The summed E-state index contributed by atoms with van der Waals surface area (Å²) in [7, 11) is 5.56. The fourth-order valence-corrected chi connectivity index (χ4v) is 2.32. The van der Waals surface area contributed by atoms with E-state index in [2.05, 4.69) is 38.6 Å². The van der Waals surface area contributed by atoms with E-state index in [9.17, 15) is 4.79 Å². The van der Waals surface area contributed by atoms with Crippen molar-refractivity contribution >= 4 is 11.8 Å². The topological polar surface area (TPSA) is 58.6 Å². The summed E-state index contributed by atoms with van der Waals surface area (Å²) in [6.45, 7) is 1.87. The van der Waals surface area contributed by atoms with Crippen LogP contribution in [0.25, 0.3) is 0 Å². The van der Waals surface area contributed by atoms with Gasteiger partial charge in [-0.2, -0.15) is 0 Å². The maximum absolute atomic E-state index is 11.4. The molecule has 0 aliphatic carbocycles. The van der Waals surface area contributed by atoms with E-state index >= 15 is 0 Å². The molecule has 0 unspecified atom stereocenters. The number of anilines is 1. The summed E-state index contributed by atoms with van der Waals surface area (Å²) in [5.74, 6) is 0.303. The minimum atomic E-state index is -0.447. The van der Waals surface area contributed by atoms with Gasteiger partial charge in [0.2, 0.25) is 0 Å². The molecule has 6 heteroatoms. The summed E-state index contributed by atoms with van der Waals surface area (Å²) in [6.07, 6.45) is 5.32. The van der Waals surface area contributed by atoms with Crippen LogP contribution in [0.15, 0.2) is 12.4 Å². The van der Waals surface area contributed by atoms with E-state index in [-0.39, 0.29) is 5.69 Å². The molecule has 0 radical (unpaired) electrons. The average Bonchev–Trinajstić information content (AvgIpc) is 2.46. The third-order valence-corrected chi connectivity index (χ3v) is 3.54. The van der Waals surface area contributed by atoms with Gasteiger partial charge in [0.25, 0.3) is 0 Å². The van der Waals surface area contributed by atoms with E-state index in [1.54, 1.807) is 6.20 Å². The first-order valence-corrected chi connectivity index (χ1v) is 6.43. The second-order valence-electron chi connectivity index (χ2n) is 4.94. The van der Waals surface area contributed by atoms with Crippen LogP contribution in [0.4, 0.5) is 5.82 Å². The van der Waals surface area contributed by atoms with Gasteiger partial charge in [-0.25, -0.2) is 9.78 Å². The SMILES string of the molecule is COC(=O)c1cncc(N2CCC(N(C)C)CC2)n1. The molecule has 2 heterocycles. The van der Waals surface area contributed by atoms with Gasteiger partial charge in [-0.1, -0.05) is 0 Å². The van der Waals surface area contributed by atoms with E-state index in [4.69, 9.17) is 0 Å². The Bertz CT molecular complexity index is 442. The Hall–Kier alpha value is -1.69. The number of methoxy groups -OCH3 is 1. The molecule has 0 bridgehead atoms. The van der Waals surface area contributed by atoms with Crippen molar-refractivity contribution in [3.05, 3.63) is 18.1 Å². The molecule has 0 aromatic carbocycles. The molecule has 0 N–H and O–H groups in total. The minimum Gasteiger partial charge on any atom is -0.464 e. The summed E-state index contributed by atoms with van der Waals surface area (Å²) in [4.78, 5) is 24.2. The van der Waals surface area contributed by atoms with Crippen molar-refractivity contribution in [3.63, 3.8) is 0 Å². The molecule has 19 heavy (non-hydrogen) atoms. The first-order chi connectivity index (χ1) is 9.11. The van der Waals surface area contributed by atoms with E-state index < -0.39 is 5.97 Å². The smallest absolute Gasteiger partial charge is 0.358 e. The number of hydrogen-bond donors (Lipinski definition) is 0. The molecule has 0 amide bonds. The molecule has 6 nitrogen and oxygen atoms in total. The fraction of sp³-hybridized carbons (Fsp3) is 0.615. The maximum Gasteiger partial charge on any atom is 0.358 e. The van der Waals surface area contributed by atoms with E-state index in [1.165, 1.54) is 13.3 Å². The predicted octanol–water partition coefficient (Wildman–Crippen LogP) is 0.794. The highest BCUT2D eigenvalue weighted by molar-refractivity contribution is 5.87. The van der Waals surface area contributed by atoms with Gasteiger partial charge in [0, 0.05) is 19.1 Å². The Morgan fingerprint density at radius 1 is 1.37 bits per heavy atom. The van der Waals surface area contributed by atoms with E-state index in [0.29, 0.717) is 6.04 Å². The average molecular weight is 264 g/mol. The molecule has 0 spiro atoms. The molecule has 1 saturated heterocycles. The highest BCUT2D eigenvalue weighted by atomic mass is 16.5. The minimum absolute atomic E-state index is 0.259. The van der Waals surface area contributed by atoms with Crippen LogP contribution < -0.4 is 4.90 Å². The van der Waals surface area contributed by atoms with Crippen molar-refractivity contribution in [1.29, 1.82) is 0 Å². The lowest BCUT2D eigenvalue weighted by Crippen LogP contribution is -2.42. The van der Waals surface area contributed by atoms with Gasteiger partial charge in [0.15, 0.2) is 5.69 Å². The van der Waals surface area contributed by atoms with Crippen molar-refractivity contribution < 1.29 is 9.53 Å². The van der Waals surface area contributed by atoms with E-state index in [1.807, 2.05) is 0 Å². The highest BCUT2D eigenvalue weighted by Crippen LogP contribution is 2.19. The summed E-state index contributed by atoms with van der Waals surface area (Å²) in [5.41, 5.74) is 0.259. The van der Waals surface area contributed by atoms with Crippen molar-refractivity contribution in [2.45, 2.75) is 18.9 Å². The molecule has 1 aliphatic heterocycles. The molecule has 104 valence electrons. The lowest BCUT2D eigenvalue weighted by atomic mass is 10.0. The number of carbonyl (C=O) groups is 1. The number of rotatable bonds is 3. The molecule has 0 atom stereocenters. The zero-order valence-corrected chi connectivity index (χ0v) is 11.7. The maximum atomic E-state index is 11.4. The molecule has 0 saturated carbocycles. The van der Waals surface area contributed by atoms with Crippen molar-refractivity contribution in [2.75, 3.05) is 39.2 Å². The summed E-state index contributed by atoms with van der Waals surface area (Å²) in [5, 5.41) is 0. The standard InChI is InChI=1S/C13H20N4O2/c1-16(2)10-4-6-17(7-5-10)12-9-14-8-11(15-12)13(18)19-3/h8-10H,4-7H2,1-3H3. The second kappa shape index (κ2) is 5.97. The Balaban J connectivity index is 2.05. The van der Waals surface area contributed by atoms with Crippen LogP contribution in [0.5, 0.6) is 0 Å². The van der Waals surface area contributed by atoms with Crippen LogP contribution in [0.1, 0.15) is 23.3 Å². The molecule has 1 aromatic rings. The van der Waals surface area contributed by atoms with Gasteiger partial charge in [-0.15, -0.1) is 0 Å². The largest absolute Gasteiger partial charge is 0.464 e. The zero-order valence-electron chi connectivity index (χ0n) is 11.7. The number of esters is 1. The predicted molar refractivity (Wildman–Crippen MR) is 72.3 cm³/mol. The third-order valence-electron chi connectivity index (χ3n) is 3.54. The van der Waals surface area contributed by atoms with Crippen LogP contribution in [-0.2, 0) is 4.74 Å². The van der Waals surface area contributed by atoms with Gasteiger partial charge in [-0.05, 0) is 26.9 Å². The number of nitrogens with zero attached hydrogens (tertiary/aromatic N) is 4. The lowest BCUT2D eigenvalue weighted by Gasteiger charge is -2.35. The first kappa shape index (κ1) is 13.7. The van der Waals surface area contributed by atoms with Crippen LogP contribution in [0.3, 0.4) is 0 Å². The monoisotopic (exact) mass is 264 g/mol. The lowest BCUT2D eigenvalue weighted by molar-refractivity contribution is 0.0593. The quantitative estimate of drug-likeness (QED) is 0.752. The number of ether oxygens (including phenoxy) is 1. The van der Waals surface area contributed by atoms with E-state index in [0.717, 1.165) is 31.7 Å². The number of piperidine rings is 1. The summed E-state index contributed by atoms with van der Waals surface area (Å²) < 4.78 is 4.66. The second-order valence-corrected chi connectivity index (χ2v) is 4.94. The van der Waals surface area contributed by atoms with Gasteiger partial charge in [0.1, 0.15) is 5.82 Å². The van der Waals surface area contributed by atoms with Crippen LogP contribution in [0.2, 0.25) is 0 Å². The van der Waals surface area contributed by atoms with Crippen LogP contribution in [-0.4, -0.2) is 61.2 Å². The van der Waals surface area contributed by atoms with Gasteiger partial charge in [0.05, 0.1) is 19.5 Å². The van der Waals surface area contributed by atoms with Crippen LogP contribution >= 0.6 is 0 Å². The van der Waals surface area contributed by atoms with Crippen LogP contribution in [0, 0.1) is 0 Å². The fourth-order valence-electron chi connectivity index (χ4n) is 2.32. The summed E-state index contributed by atoms with van der Waals surface area (Å²) in [6, 6.07) is 0.619. The molecular formula is C13H20N4O2. The van der Waals surface area contributed by atoms with Gasteiger partial charge < -0.3 is 14.5 Å². The zero-order chi connectivity index (χ0) is 13.8. The molecular weight excluding hydrogens is 244 g/mol. The number of aromatic nitrogens is 2. The summed E-state index contributed by atoms with van der Waals surface area (Å²) >= 11 is 0. The Labute approximate surface area is 113 Å². The third kappa shape index (κ3) is 3.20.